The third-order valence-electron chi connectivity index (χ3n) is 2.93. The average Bonchev–Trinajstić information content (AvgIpc) is 2.40. The number of H-pyrrole nitrogens is 1. The smallest absolute Gasteiger partial charge is 0.335 e. The first-order valence-corrected chi connectivity index (χ1v) is 6.70. The summed E-state index contributed by atoms with van der Waals surface area (Å²) in [5.74, 6) is 0.156. The van der Waals surface area contributed by atoms with Gasteiger partial charge >= 0.3 is 5.69 Å². The second kappa shape index (κ2) is 5.54. The minimum atomic E-state index is -0.700. The van der Waals surface area contributed by atoms with Crippen molar-refractivity contribution < 1.29 is 9.84 Å². The number of ether oxygens (including phenoxy) is 1. The number of benzene rings is 1. The molecule has 0 radical (unpaired) electrons. The van der Waals surface area contributed by atoms with Crippen LogP contribution in [-0.4, -0.2) is 21.8 Å². The molecule has 0 unspecified atom stereocenters. The molecule has 1 aromatic carbocycles. The highest BCUT2D eigenvalue weighted by Gasteiger charge is 2.15. The molecule has 106 valence electrons. The van der Waals surface area contributed by atoms with Crippen LogP contribution in [-0.2, 0) is 6.42 Å². The van der Waals surface area contributed by atoms with E-state index in [0.717, 1.165) is 9.04 Å². The van der Waals surface area contributed by atoms with E-state index in [1.165, 1.54) is 7.11 Å². The van der Waals surface area contributed by atoms with E-state index in [9.17, 15) is 14.7 Å². The molecule has 0 saturated heterocycles. The summed E-state index contributed by atoms with van der Waals surface area (Å²) in [6.07, 6.45) is 0.315. The van der Waals surface area contributed by atoms with Crippen molar-refractivity contribution in [3.05, 3.63) is 49.1 Å². The van der Waals surface area contributed by atoms with E-state index in [1.54, 1.807) is 25.1 Å². The minimum Gasteiger partial charge on any atom is -0.495 e. The first-order valence-electron chi connectivity index (χ1n) is 5.90. The normalized spacial score (nSPS) is 10.6. The molecule has 0 amide bonds. The number of hydrogen-bond acceptors (Lipinski definition) is 4. The van der Waals surface area contributed by atoms with Gasteiger partial charge in [-0.2, -0.15) is 0 Å². The molecule has 7 heteroatoms. The monoisotopic (exact) mass is 340 g/mol. The van der Waals surface area contributed by atoms with Crippen LogP contribution < -0.4 is 16.0 Å². The van der Waals surface area contributed by atoms with Crippen LogP contribution in [0.1, 0.15) is 12.5 Å². The average molecular weight is 341 g/mol. The summed E-state index contributed by atoms with van der Waals surface area (Å²) < 4.78 is 6.91. The van der Waals surface area contributed by atoms with Crippen molar-refractivity contribution in [3.63, 3.8) is 0 Å². The largest absolute Gasteiger partial charge is 0.495 e. The highest BCUT2D eigenvalue weighted by atomic mass is 79.9. The highest BCUT2D eigenvalue weighted by Crippen LogP contribution is 2.28. The molecular weight excluding hydrogens is 328 g/mol. The Labute approximate surface area is 122 Å². The Balaban J connectivity index is 2.76. The Morgan fingerprint density at radius 2 is 2.10 bits per heavy atom. The summed E-state index contributed by atoms with van der Waals surface area (Å²) in [5, 5.41) is 10.1. The van der Waals surface area contributed by atoms with Crippen molar-refractivity contribution in [3.8, 4) is 17.3 Å². The third-order valence-corrected chi connectivity index (χ3v) is 3.58. The van der Waals surface area contributed by atoms with E-state index in [1.807, 2.05) is 0 Å². The summed E-state index contributed by atoms with van der Waals surface area (Å²) in [5.41, 5.74) is -0.714. The Kier molecular flexibility index (Phi) is 3.99. The molecule has 2 aromatic rings. The van der Waals surface area contributed by atoms with E-state index in [4.69, 9.17) is 4.74 Å². The van der Waals surface area contributed by atoms with Gasteiger partial charge in [-0.1, -0.05) is 6.92 Å². The number of hydrogen-bond donors (Lipinski definition) is 2. The lowest BCUT2D eigenvalue weighted by atomic mass is 10.2. The number of methoxy groups -OCH3 is 1. The maximum Gasteiger partial charge on any atom is 0.335 e. The molecule has 20 heavy (non-hydrogen) atoms. The van der Waals surface area contributed by atoms with Crippen LogP contribution in [0, 0.1) is 0 Å². The van der Waals surface area contributed by atoms with Crippen LogP contribution >= 0.6 is 15.9 Å². The van der Waals surface area contributed by atoms with E-state index in [0.29, 0.717) is 17.9 Å². The van der Waals surface area contributed by atoms with E-state index in [-0.39, 0.29) is 11.4 Å². The molecule has 0 saturated carbocycles. The van der Waals surface area contributed by atoms with Crippen molar-refractivity contribution >= 4 is 15.9 Å². The van der Waals surface area contributed by atoms with E-state index < -0.39 is 11.2 Å². The molecule has 0 spiro atoms. The molecule has 2 N–H and O–H groups in total. The lowest BCUT2D eigenvalue weighted by Crippen LogP contribution is -2.31. The molecule has 1 heterocycles. The summed E-state index contributed by atoms with van der Waals surface area (Å²) >= 11 is 3.31. The van der Waals surface area contributed by atoms with Crippen LogP contribution in [0.25, 0.3) is 5.69 Å². The highest BCUT2D eigenvalue weighted by molar-refractivity contribution is 9.10. The summed E-state index contributed by atoms with van der Waals surface area (Å²) in [6, 6.07) is 4.91. The quantitative estimate of drug-likeness (QED) is 0.888. The maximum absolute atomic E-state index is 11.9. The zero-order chi connectivity index (χ0) is 14.9. The lowest BCUT2D eigenvalue weighted by Gasteiger charge is -2.12. The predicted molar refractivity (Wildman–Crippen MR) is 78.0 cm³/mol. The zero-order valence-corrected chi connectivity index (χ0v) is 12.5. The Hall–Kier alpha value is -2.02. The van der Waals surface area contributed by atoms with E-state index >= 15 is 0 Å². The Morgan fingerprint density at radius 3 is 2.70 bits per heavy atom. The Bertz CT molecular complexity index is 764. The first kappa shape index (κ1) is 14.4. The number of halogens is 1. The molecule has 6 nitrogen and oxygen atoms in total. The molecule has 1 aromatic heterocycles. The molecular formula is C13H13BrN2O4. The number of nitrogens with zero attached hydrogens (tertiary/aromatic N) is 1. The topological polar surface area (TPSA) is 84.3 Å². The molecule has 0 aliphatic carbocycles. The molecule has 0 bridgehead atoms. The number of nitrogens with one attached hydrogen (secondary N) is 1. The minimum absolute atomic E-state index is 0.159. The van der Waals surface area contributed by atoms with Crippen molar-refractivity contribution in [2.75, 3.05) is 7.11 Å². The molecule has 0 fully saturated rings. The van der Waals surface area contributed by atoms with Gasteiger partial charge in [0.1, 0.15) is 5.75 Å². The second-order valence-electron chi connectivity index (χ2n) is 4.07. The standard InChI is InChI=1S/C13H13BrN2O4/c1-3-8-11(17)15-13(19)16(12(8)18)7-4-5-9(14)10(6-7)20-2/h4-6,18H,3H2,1-2H3,(H,15,17,19). The van der Waals surface area contributed by atoms with Gasteiger partial charge in [-0.25, -0.2) is 9.36 Å². The zero-order valence-electron chi connectivity index (χ0n) is 10.9. The number of rotatable bonds is 3. The van der Waals surface area contributed by atoms with Gasteiger partial charge in [0.25, 0.3) is 5.56 Å². The van der Waals surface area contributed by atoms with Gasteiger partial charge in [0.2, 0.25) is 5.88 Å². The van der Waals surface area contributed by atoms with Crippen LogP contribution in [0.15, 0.2) is 32.3 Å². The summed E-state index contributed by atoms with van der Waals surface area (Å²) in [6.45, 7) is 1.72. The van der Waals surface area contributed by atoms with Gasteiger partial charge in [-0.15, -0.1) is 0 Å². The van der Waals surface area contributed by atoms with Crippen LogP contribution in [0.3, 0.4) is 0 Å². The fourth-order valence-electron chi connectivity index (χ4n) is 1.91. The lowest BCUT2D eigenvalue weighted by molar-refractivity contribution is 0.409. The van der Waals surface area contributed by atoms with Gasteiger partial charge in [0.15, 0.2) is 0 Å². The number of aromatic amines is 1. The van der Waals surface area contributed by atoms with Gasteiger partial charge in [0, 0.05) is 6.07 Å². The van der Waals surface area contributed by atoms with Crippen molar-refractivity contribution in [2.45, 2.75) is 13.3 Å². The van der Waals surface area contributed by atoms with Crippen LogP contribution in [0.5, 0.6) is 11.6 Å². The fourth-order valence-corrected chi connectivity index (χ4v) is 2.32. The van der Waals surface area contributed by atoms with Gasteiger partial charge in [0.05, 0.1) is 22.8 Å². The maximum atomic E-state index is 11.9. The van der Waals surface area contributed by atoms with Crippen molar-refractivity contribution in [1.82, 2.24) is 9.55 Å². The molecule has 0 aliphatic rings. The Morgan fingerprint density at radius 1 is 1.40 bits per heavy atom. The summed E-state index contributed by atoms with van der Waals surface area (Å²) in [4.78, 5) is 25.7. The number of aromatic nitrogens is 2. The predicted octanol–water partition coefficient (Wildman–Crippen LogP) is 1.56. The van der Waals surface area contributed by atoms with Crippen LogP contribution in [0.2, 0.25) is 0 Å². The van der Waals surface area contributed by atoms with Gasteiger partial charge in [-0.3, -0.25) is 9.78 Å². The molecule has 0 aliphatic heterocycles. The molecule has 2 rings (SSSR count). The SMILES string of the molecule is CCc1c(O)n(-c2ccc(Br)c(OC)c2)c(=O)[nH]c1=O. The third kappa shape index (κ3) is 2.36. The van der Waals surface area contributed by atoms with Crippen molar-refractivity contribution in [2.24, 2.45) is 0 Å². The van der Waals surface area contributed by atoms with Crippen molar-refractivity contribution in [1.29, 1.82) is 0 Å². The van der Waals surface area contributed by atoms with E-state index in [2.05, 4.69) is 20.9 Å². The summed E-state index contributed by atoms with van der Waals surface area (Å²) in [7, 11) is 1.50. The first-order chi connectivity index (χ1) is 9.49. The van der Waals surface area contributed by atoms with Gasteiger partial charge in [-0.05, 0) is 34.5 Å². The second-order valence-corrected chi connectivity index (χ2v) is 4.92. The molecule has 0 atom stereocenters. The van der Waals surface area contributed by atoms with Crippen LogP contribution in [0.4, 0.5) is 0 Å². The number of aromatic hydroxyl groups is 1. The van der Waals surface area contributed by atoms with Gasteiger partial charge < -0.3 is 9.84 Å². The fraction of sp³-hybridized carbons (Fsp3) is 0.231.